The predicted octanol–water partition coefficient (Wildman–Crippen LogP) is 2.48. The van der Waals surface area contributed by atoms with Crippen molar-refractivity contribution in [1.29, 1.82) is 0 Å². The van der Waals surface area contributed by atoms with Gasteiger partial charge in [0.25, 0.3) is 0 Å². The summed E-state index contributed by atoms with van der Waals surface area (Å²) in [5.74, 6) is -0.806. The average molecular weight is 321 g/mol. The molecule has 0 atom stereocenters. The van der Waals surface area contributed by atoms with E-state index < -0.39 is 11.9 Å². The normalized spacial score (nSPS) is 10.1. The van der Waals surface area contributed by atoms with E-state index in [0.717, 1.165) is 16.9 Å². The number of hydrogen-bond acceptors (Lipinski definition) is 7. The molecule has 2 rings (SSSR count). The minimum absolute atomic E-state index is 0.221. The standard InChI is InChI=1S/C15H15NO5S/c1-19-14(17)12-7-11(13(22-12)15(18)20-2)21-8-9-3-5-10(16)6-4-9/h3-7H,8,16H2,1-2H3. The van der Waals surface area contributed by atoms with Gasteiger partial charge in [0, 0.05) is 11.8 Å². The summed E-state index contributed by atoms with van der Waals surface area (Å²) in [6.07, 6.45) is 0. The van der Waals surface area contributed by atoms with Gasteiger partial charge in [-0.25, -0.2) is 9.59 Å². The first-order chi connectivity index (χ1) is 10.5. The first-order valence-electron chi connectivity index (χ1n) is 6.32. The van der Waals surface area contributed by atoms with Crippen LogP contribution in [0.2, 0.25) is 0 Å². The van der Waals surface area contributed by atoms with E-state index in [-0.39, 0.29) is 22.1 Å². The molecule has 2 aromatic rings. The highest BCUT2D eigenvalue weighted by Gasteiger charge is 2.22. The number of thiophene rings is 1. The van der Waals surface area contributed by atoms with Crippen molar-refractivity contribution in [2.24, 2.45) is 0 Å². The van der Waals surface area contributed by atoms with Crippen molar-refractivity contribution in [1.82, 2.24) is 0 Å². The quantitative estimate of drug-likeness (QED) is 0.672. The summed E-state index contributed by atoms with van der Waals surface area (Å²) < 4.78 is 15.0. The molecule has 0 aliphatic rings. The Morgan fingerprint density at radius 3 is 2.32 bits per heavy atom. The van der Waals surface area contributed by atoms with Crippen LogP contribution in [0.3, 0.4) is 0 Å². The first-order valence-corrected chi connectivity index (χ1v) is 7.14. The number of nitrogens with two attached hydrogens (primary N) is 1. The summed E-state index contributed by atoms with van der Waals surface area (Å²) in [5.41, 5.74) is 7.16. The summed E-state index contributed by atoms with van der Waals surface area (Å²) in [6, 6.07) is 8.63. The highest BCUT2D eigenvalue weighted by Crippen LogP contribution is 2.31. The molecule has 0 unspecified atom stereocenters. The van der Waals surface area contributed by atoms with Gasteiger partial charge in [0.1, 0.15) is 17.2 Å². The number of nitrogen functional groups attached to an aromatic ring is 1. The van der Waals surface area contributed by atoms with E-state index >= 15 is 0 Å². The molecule has 0 radical (unpaired) electrons. The Morgan fingerprint density at radius 2 is 1.73 bits per heavy atom. The van der Waals surface area contributed by atoms with Gasteiger partial charge in [-0.3, -0.25) is 0 Å². The molecule has 0 aliphatic heterocycles. The lowest BCUT2D eigenvalue weighted by Gasteiger charge is -2.06. The molecular weight excluding hydrogens is 306 g/mol. The topological polar surface area (TPSA) is 87.9 Å². The largest absolute Gasteiger partial charge is 0.487 e. The monoisotopic (exact) mass is 321 g/mol. The molecule has 6 nitrogen and oxygen atoms in total. The van der Waals surface area contributed by atoms with Gasteiger partial charge >= 0.3 is 11.9 Å². The van der Waals surface area contributed by atoms with Gasteiger partial charge in [-0.2, -0.15) is 0 Å². The summed E-state index contributed by atoms with van der Waals surface area (Å²) in [6.45, 7) is 0.238. The Balaban J connectivity index is 2.20. The lowest BCUT2D eigenvalue weighted by atomic mass is 10.2. The van der Waals surface area contributed by atoms with Crippen molar-refractivity contribution in [3.05, 3.63) is 45.6 Å². The maximum Gasteiger partial charge on any atom is 0.351 e. The van der Waals surface area contributed by atoms with Gasteiger partial charge in [-0.15, -0.1) is 11.3 Å². The van der Waals surface area contributed by atoms with E-state index in [0.29, 0.717) is 5.69 Å². The number of anilines is 1. The van der Waals surface area contributed by atoms with Gasteiger partial charge in [0.05, 0.1) is 14.2 Å². The van der Waals surface area contributed by atoms with Crippen molar-refractivity contribution in [3.63, 3.8) is 0 Å². The van der Waals surface area contributed by atoms with Crippen LogP contribution in [0.4, 0.5) is 5.69 Å². The molecule has 0 bridgehead atoms. The fourth-order valence-corrected chi connectivity index (χ4v) is 2.63. The minimum atomic E-state index is -0.563. The molecule has 1 heterocycles. The second-order valence-corrected chi connectivity index (χ2v) is 5.37. The number of methoxy groups -OCH3 is 2. The summed E-state index contributed by atoms with van der Waals surface area (Å²) in [5, 5.41) is 0. The lowest BCUT2D eigenvalue weighted by molar-refractivity contribution is 0.0595. The zero-order valence-corrected chi connectivity index (χ0v) is 12.9. The molecule has 0 spiro atoms. The molecule has 7 heteroatoms. The molecule has 1 aromatic heterocycles. The Kier molecular flexibility index (Phi) is 5.00. The Hall–Kier alpha value is -2.54. The Labute approximate surface area is 131 Å². The summed E-state index contributed by atoms with van der Waals surface area (Å²) in [4.78, 5) is 23.8. The summed E-state index contributed by atoms with van der Waals surface area (Å²) in [7, 11) is 2.54. The first kappa shape index (κ1) is 15.8. The number of hydrogen-bond donors (Lipinski definition) is 1. The molecule has 0 saturated heterocycles. The van der Waals surface area contributed by atoms with Crippen LogP contribution in [0.25, 0.3) is 0 Å². The molecule has 0 saturated carbocycles. The van der Waals surface area contributed by atoms with E-state index in [2.05, 4.69) is 4.74 Å². The van der Waals surface area contributed by atoms with Gasteiger partial charge in [0.2, 0.25) is 0 Å². The number of ether oxygens (including phenoxy) is 3. The van der Waals surface area contributed by atoms with E-state index in [1.54, 1.807) is 12.1 Å². The lowest BCUT2D eigenvalue weighted by Crippen LogP contribution is -2.02. The number of carbonyl (C=O) groups excluding carboxylic acids is 2. The maximum atomic E-state index is 11.8. The highest BCUT2D eigenvalue weighted by atomic mass is 32.1. The molecular formula is C15H15NO5S. The van der Waals surface area contributed by atoms with Crippen LogP contribution in [0.15, 0.2) is 30.3 Å². The van der Waals surface area contributed by atoms with E-state index in [9.17, 15) is 9.59 Å². The maximum absolute atomic E-state index is 11.8. The van der Waals surface area contributed by atoms with Crippen molar-refractivity contribution in [3.8, 4) is 5.75 Å². The summed E-state index contributed by atoms with van der Waals surface area (Å²) >= 11 is 0.968. The van der Waals surface area contributed by atoms with Crippen LogP contribution in [-0.4, -0.2) is 26.2 Å². The smallest absolute Gasteiger partial charge is 0.351 e. The van der Waals surface area contributed by atoms with Gasteiger partial charge in [-0.05, 0) is 17.7 Å². The molecule has 116 valence electrons. The van der Waals surface area contributed by atoms with E-state index in [4.69, 9.17) is 15.2 Å². The van der Waals surface area contributed by atoms with Gasteiger partial charge < -0.3 is 19.9 Å². The van der Waals surface area contributed by atoms with Crippen LogP contribution >= 0.6 is 11.3 Å². The molecule has 22 heavy (non-hydrogen) atoms. The number of benzene rings is 1. The SMILES string of the molecule is COC(=O)c1cc(OCc2ccc(N)cc2)c(C(=O)OC)s1. The predicted molar refractivity (Wildman–Crippen MR) is 82.2 cm³/mol. The van der Waals surface area contributed by atoms with Gasteiger partial charge in [-0.1, -0.05) is 12.1 Å². The second-order valence-electron chi connectivity index (χ2n) is 4.32. The van der Waals surface area contributed by atoms with Crippen molar-refractivity contribution in [2.75, 3.05) is 20.0 Å². The molecule has 0 aliphatic carbocycles. The third-order valence-electron chi connectivity index (χ3n) is 2.83. The number of carbonyl (C=O) groups is 2. The zero-order chi connectivity index (χ0) is 16.1. The Bertz CT molecular complexity index is 678. The second kappa shape index (κ2) is 6.95. The number of esters is 2. The molecule has 0 fully saturated rings. The average Bonchev–Trinajstić information content (AvgIpc) is 2.97. The van der Waals surface area contributed by atoms with Crippen LogP contribution in [-0.2, 0) is 16.1 Å². The third kappa shape index (κ3) is 3.56. The minimum Gasteiger partial charge on any atom is -0.487 e. The van der Waals surface area contributed by atoms with Crippen molar-refractivity contribution < 1.29 is 23.8 Å². The Morgan fingerprint density at radius 1 is 1.09 bits per heavy atom. The van der Waals surface area contributed by atoms with Crippen LogP contribution < -0.4 is 10.5 Å². The van der Waals surface area contributed by atoms with Crippen LogP contribution in [0.1, 0.15) is 24.9 Å². The van der Waals surface area contributed by atoms with Crippen molar-refractivity contribution >= 4 is 29.0 Å². The van der Waals surface area contributed by atoms with E-state index in [1.165, 1.54) is 20.3 Å². The zero-order valence-electron chi connectivity index (χ0n) is 12.1. The molecule has 2 N–H and O–H groups in total. The third-order valence-corrected chi connectivity index (χ3v) is 3.91. The highest BCUT2D eigenvalue weighted by molar-refractivity contribution is 7.16. The van der Waals surface area contributed by atoms with Gasteiger partial charge in [0.15, 0.2) is 4.88 Å². The van der Waals surface area contributed by atoms with Crippen LogP contribution in [0.5, 0.6) is 5.75 Å². The fourth-order valence-electron chi connectivity index (χ4n) is 1.69. The fraction of sp³-hybridized carbons (Fsp3) is 0.200. The molecule has 1 aromatic carbocycles. The van der Waals surface area contributed by atoms with E-state index in [1.807, 2.05) is 12.1 Å². The molecule has 0 amide bonds. The van der Waals surface area contributed by atoms with Crippen LogP contribution in [0, 0.1) is 0 Å². The number of rotatable bonds is 5. The van der Waals surface area contributed by atoms with Crippen molar-refractivity contribution in [2.45, 2.75) is 6.61 Å².